The number of fused-ring (bicyclic) bond motifs is 1. The van der Waals surface area contributed by atoms with Crippen LogP contribution in [0, 0.1) is 13.8 Å². The zero-order chi connectivity index (χ0) is 32.6. The fourth-order valence-electron chi connectivity index (χ4n) is 6.34. The SMILES string of the molecule is CCS(=O)(=O)N1CCC(Nc2c(Br)cnc3[nH]c(-c4cc(C)n(-c5ccc(C(=O)NCCN6CCN(C)CC6)cc5)c4C)nc23)C1. The molecule has 3 aromatic heterocycles. The van der Waals surface area contributed by atoms with Gasteiger partial charge in [-0.15, -0.1) is 0 Å². The third-order valence-corrected chi connectivity index (χ3v) is 11.6. The molecule has 1 unspecified atom stereocenters. The smallest absolute Gasteiger partial charge is 0.251 e. The van der Waals surface area contributed by atoms with Crippen LogP contribution < -0.4 is 10.6 Å². The van der Waals surface area contributed by atoms with E-state index in [2.05, 4.69) is 77.9 Å². The van der Waals surface area contributed by atoms with Crippen LogP contribution in [0.1, 0.15) is 35.1 Å². The van der Waals surface area contributed by atoms with E-state index < -0.39 is 10.0 Å². The van der Waals surface area contributed by atoms with Crippen molar-refractivity contribution < 1.29 is 13.2 Å². The van der Waals surface area contributed by atoms with Gasteiger partial charge in [0.1, 0.15) is 11.3 Å². The highest BCUT2D eigenvalue weighted by atomic mass is 79.9. The molecular formula is C32H42BrN9O3S. The number of nitrogens with zero attached hydrogens (tertiary/aromatic N) is 6. The highest BCUT2D eigenvalue weighted by molar-refractivity contribution is 9.10. The van der Waals surface area contributed by atoms with Gasteiger partial charge in [-0.3, -0.25) is 9.69 Å². The fourth-order valence-corrected chi connectivity index (χ4v) is 7.90. The van der Waals surface area contributed by atoms with Gasteiger partial charge in [0.25, 0.3) is 5.91 Å². The Morgan fingerprint density at radius 3 is 2.57 bits per heavy atom. The first-order chi connectivity index (χ1) is 22.0. The Bertz CT molecular complexity index is 1830. The van der Waals surface area contributed by atoms with E-state index in [1.165, 1.54) is 0 Å². The maximum Gasteiger partial charge on any atom is 0.251 e. The quantitative estimate of drug-likeness (QED) is 0.228. The van der Waals surface area contributed by atoms with E-state index in [1.807, 2.05) is 24.3 Å². The van der Waals surface area contributed by atoms with E-state index in [0.717, 1.165) is 65.5 Å². The molecule has 12 nitrogen and oxygen atoms in total. The summed E-state index contributed by atoms with van der Waals surface area (Å²) in [6.07, 6.45) is 2.44. The Morgan fingerprint density at radius 1 is 1.11 bits per heavy atom. The minimum absolute atomic E-state index is 0.0320. The van der Waals surface area contributed by atoms with Crippen LogP contribution in [0.25, 0.3) is 28.2 Å². The van der Waals surface area contributed by atoms with Gasteiger partial charge in [-0.25, -0.2) is 18.4 Å². The first kappa shape index (κ1) is 32.6. The number of amides is 1. The first-order valence-corrected chi connectivity index (χ1v) is 18.2. The molecule has 1 atom stereocenters. The molecule has 1 aromatic carbocycles. The molecule has 0 bridgehead atoms. The Labute approximate surface area is 278 Å². The van der Waals surface area contributed by atoms with Crippen molar-refractivity contribution in [3.8, 4) is 17.1 Å². The lowest BCUT2D eigenvalue weighted by atomic mass is 10.2. The second-order valence-electron chi connectivity index (χ2n) is 12.2. The number of piperazine rings is 1. The van der Waals surface area contributed by atoms with Crippen LogP contribution in [0.4, 0.5) is 5.69 Å². The normalized spacial score (nSPS) is 18.4. The Balaban J connectivity index is 1.17. The van der Waals surface area contributed by atoms with Crippen molar-refractivity contribution in [1.29, 1.82) is 0 Å². The largest absolute Gasteiger partial charge is 0.378 e. The average molecular weight is 713 g/mol. The summed E-state index contributed by atoms with van der Waals surface area (Å²) in [6, 6.07) is 9.75. The average Bonchev–Trinajstić information content (AvgIpc) is 3.77. The molecule has 246 valence electrons. The van der Waals surface area contributed by atoms with E-state index in [4.69, 9.17) is 4.98 Å². The summed E-state index contributed by atoms with van der Waals surface area (Å²) in [5.41, 5.74) is 6.71. The number of aryl methyl sites for hydroxylation is 1. The van der Waals surface area contributed by atoms with Gasteiger partial charge >= 0.3 is 0 Å². The molecular weight excluding hydrogens is 670 g/mol. The zero-order valence-electron chi connectivity index (χ0n) is 26.8. The van der Waals surface area contributed by atoms with E-state index in [0.29, 0.717) is 48.6 Å². The van der Waals surface area contributed by atoms with Gasteiger partial charge in [-0.05, 0) is 80.5 Å². The summed E-state index contributed by atoms with van der Waals surface area (Å²) in [6.45, 7) is 12.4. The van der Waals surface area contributed by atoms with Crippen molar-refractivity contribution in [3.63, 3.8) is 0 Å². The van der Waals surface area contributed by atoms with Gasteiger partial charge in [0, 0.05) is 92.8 Å². The number of aromatic nitrogens is 4. The van der Waals surface area contributed by atoms with E-state index >= 15 is 0 Å². The van der Waals surface area contributed by atoms with Gasteiger partial charge in [-0.1, -0.05) is 0 Å². The second-order valence-corrected chi connectivity index (χ2v) is 15.3. The number of aromatic amines is 1. The van der Waals surface area contributed by atoms with Gasteiger partial charge in [-0.2, -0.15) is 4.31 Å². The summed E-state index contributed by atoms with van der Waals surface area (Å²) in [5.74, 6) is 0.729. The number of sulfonamides is 1. The first-order valence-electron chi connectivity index (χ1n) is 15.8. The molecule has 0 aliphatic carbocycles. The molecule has 46 heavy (non-hydrogen) atoms. The number of hydrogen-bond donors (Lipinski definition) is 3. The molecule has 6 rings (SSSR count). The maximum absolute atomic E-state index is 12.8. The van der Waals surface area contributed by atoms with Gasteiger partial charge in [0.15, 0.2) is 5.65 Å². The molecule has 3 N–H and O–H groups in total. The number of pyridine rings is 1. The van der Waals surface area contributed by atoms with Crippen LogP contribution in [0.2, 0.25) is 0 Å². The monoisotopic (exact) mass is 711 g/mol. The number of nitrogens with one attached hydrogen (secondary N) is 3. The molecule has 2 aliphatic heterocycles. The number of rotatable bonds is 10. The molecule has 14 heteroatoms. The highest BCUT2D eigenvalue weighted by Crippen LogP contribution is 2.34. The predicted octanol–water partition coefficient (Wildman–Crippen LogP) is 3.61. The van der Waals surface area contributed by atoms with Crippen molar-refractivity contribution >= 4 is 48.7 Å². The molecule has 0 spiro atoms. The number of likely N-dealkylation sites (N-methyl/N-ethyl adjacent to an activating group) is 1. The number of H-pyrrole nitrogens is 1. The van der Waals surface area contributed by atoms with E-state index in [-0.39, 0.29) is 17.7 Å². The summed E-state index contributed by atoms with van der Waals surface area (Å²) in [4.78, 5) is 30.5. The summed E-state index contributed by atoms with van der Waals surface area (Å²) >= 11 is 3.62. The Hall–Kier alpha value is -3.30. The second kappa shape index (κ2) is 13.4. The molecule has 0 radical (unpaired) electrons. The molecule has 4 aromatic rings. The van der Waals surface area contributed by atoms with Crippen LogP contribution in [0.5, 0.6) is 0 Å². The number of halogens is 1. The maximum atomic E-state index is 12.8. The lowest BCUT2D eigenvalue weighted by Crippen LogP contribution is -2.46. The van der Waals surface area contributed by atoms with Gasteiger partial charge in [0.2, 0.25) is 10.0 Å². The number of carbonyl (C=O) groups excluding carboxylic acids is 1. The minimum atomic E-state index is -3.23. The van der Waals surface area contributed by atoms with Crippen LogP contribution >= 0.6 is 15.9 Å². The summed E-state index contributed by atoms with van der Waals surface area (Å²) in [7, 11) is -1.09. The van der Waals surface area contributed by atoms with E-state index in [1.54, 1.807) is 17.4 Å². The fraction of sp³-hybridized carbons (Fsp3) is 0.469. The molecule has 2 saturated heterocycles. The predicted molar refractivity (Wildman–Crippen MR) is 185 cm³/mol. The van der Waals surface area contributed by atoms with Crippen molar-refractivity contribution in [3.05, 3.63) is 58.0 Å². The van der Waals surface area contributed by atoms with Gasteiger partial charge < -0.3 is 25.1 Å². The molecule has 2 fully saturated rings. The van der Waals surface area contributed by atoms with Gasteiger partial charge in [0.05, 0.1) is 15.9 Å². The van der Waals surface area contributed by atoms with E-state index in [9.17, 15) is 13.2 Å². The Kier molecular flexibility index (Phi) is 9.53. The molecule has 1 amide bonds. The van der Waals surface area contributed by atoms with Crippen LogP contribution in [-0.2, 0) is 10.0 Å². The molecule has 2 aliphatic rings. The minimum Gasteiger partial charge on any atom is -0.378 e. The van der Waals surface area contributed by atoms with Crippen molar-refractivity contribution in [2.24, 2.45) is 0 Å². The standard InChI is InChI=1S/C32H42BrN9O3S/c1-5-46(44,45)41-12-10-24(20-41)36-28-27(33)19-35-31-29(28)37-30(38-31)26-18-21(2)42(22(26)3)25-8-6-23(7-9-25)32(43)34-11-13-40-16-14-39(4)15-17-40/h6-9,18-19,24H,5,10-17,20H2,1-4H3,(H,34,43)(H2,35,36,37,38). The number of carbonyl (C=O) groups is 1. The summed E-state index contributed by atoms with van der Waals surface area (Å²) < 4.78 is 29.2. The van der Waals surface area contributed by atoms with Crippen LogP contribution in [0.15, 0.2) is 41.0 Å². The molecule has 0 saturated carbocycles. The number of imidazole rings is 1. The number of anilines is 1. The lowest BCUT2D eigenvalue weighted by Gasteiger charge is -2.32. The lowest BCUT2D eigenvalue weighted by molar-refractivity contribution is 0.0941. The Morgan fingerprint density at radius 2 is 1.85 bits per heavy atom. The molecule has 5 heterocycles. The summed E-state index contributed by atoms with van der Waals surface area (Å²) in [5, 5.41) is 6.59. The van der Waals surface area contributed by atoms with Crippen molar-refractivity contribution in [2.45, 2.75) is 33.2 Å². The third kappa shape index (κ3) is 6.72. The topological polar surface area (TPSA) is 131 Å². The van der Waals surface area contributed by atoms with Crippen molar-refractivity contribution in [1.82, 2.24) is 38.9 Å². The number of hydrogen-bond acceptors (Lipinski definition) is 8. The number of benzene rings is 1. The van der Waals surface area contributed by atoms with Crippen molar-refractivity contribution in [2.75, 3.05) is 70.5 Å². The van der Waals surface area contributed by atoms with Crippen LogP contribution in [-0.4, -0.2) is 119 Å². The zero-order valence-corrected chi connectivity index (χ0v) is 29.2. The third-order valence-electron chi connectivity index (χ3n) is 9.11. The van der Waals surface area contributed by atoms with Crippen LogP contribution in [0.3, 0.4) is 0 Å². The highest BCUT2D eigenvalue weighted by Gasteiger charge is 2.31.